The average Bonchev–Trinajstić information content (AvgIpc) is 2.26. The third-order valence-corrected chi connectivity index (χ3v) is 1.95. The van der Waals surface area contributed by atoms with E-state index in [1.165, 1.54) is 6.92 Å². The Bertz CT molecular complexity index is 379. The van der Waals surface area contributed by atoms with Crippen molar-refractivity contribution < 1.29 is 9.72 Å². The van der Waals surface area contributed by atoms with Crippen molar-refractivity contribution in [1.29, 1.82) is 0 Å². The van der Waals surface area contributed by atoms with Crippen molar-refractivity contribution in [3.05, 3.63) is 26.9 Å². The van der Waals surface area contributed by atoms with Crippen LogP contribution in [-0.2, 0) is 0 Å². The first-order valence-electron chi connectivity index (χ1n) is 3.79. The largest absolute Gasteiger partial charge is 0.358 e. The van der Waals surface area contributed by atoms with E-state index < -0.39 is 4.92 Å². The predicted octanol–water partition coefficient (Wildman–Crippen LogP) is 1.74. The van der Waals surface area contributed by atoms with Crippen LogP contribution in [0.4, 0.5) is 5.82 Å². The Hall–Kier alpha value is -1.65. The SMILES string of the molecule is CC(=O)c1c(C)[nH]c([N+](=O)[O-])c1C. The fraction of sp³-hybridized carbons (Fsp3) is 0.375. The highest BCUT2D eigenvalue weighted by Crippen LogP contribution is 2.23. The Balaban J connectivity index is 3.39. The van der Waals surface area contributed by atoms with Crippen molar-refractivity contribution >= 4 is 11.6 Å². The van der Waals surface area contributed by atoms with Crippen molar-refractivity contribution in [1.82, 2.24) is 4.98 Å². The first kappa shape index (κ1) is 9.44. The fourth-order valence-corrected chi connectivity index (χ4v) is 1.44. The monoisotopic (exact) mass is 182 g/mol. The van der Waals surface area contributed by atoms with Gasteiger partial charge in [-0.15, -0.1) is 0 Å². The molecule has 0 aliphatic heterocycles. The maximum Gasteiger partial charge on any atom is 0.324 e. The van der Waals surface area contributed by atoms with Crippen molar-refractivity contribution in [3.63, 3.8) is 0 Å². The molecule has 0 fully saturated rings. The smallest absolute Gasteiger partial charge is 0.324 e. The van der Waals surface area contributed by atoms with Crippen LogP contribution in [0.3, 0.4) is 0 Å². The van der Waals surface area contributed by atoms with Gasteiger partial charge in [0, 0.05) is 0 Å². The number of H-pyrrole nitrogens is 1. The van der Waals surface area contributed by atoms with E-state index in [0.29, 0.717) is 16.8 Å². The van der Waals surface area contributed by atoms with Gasteiger partial charge in [-0.3, -0.25) is 4.79 Å². The van der Waals surface area contributed by atoms with Gasteiger partial charge in [0.25, 0.3) is 0 Å². The molecular formula is C8H10N2O3. The van der Waals surface area contributed by atoms with Gasteiger partial charge in [0.2, 0.25) is 0 Å². The van der Waals surface area contributed by atoms with Crippen molar-refractivity contribution in [3.8, 4) is 0 Å². The number of ketones is 1. The van der Waals surface area contributed by atoms with Crippen LogP contribution < -0.4 is 0 Å². The standard InChI is InChI=1S/C8H10N2O3/c1-4-7(6(3)11)5(2)9-8(4)10(12)13/h9H,1-3H3. The first-order valence-corrected chi connectivity index (χ1v) is 3.79. The summed E-state index contributed by atoms with van der Waals surface area (Å²) in [6.45, 7) is 4.61. The zero-order valence-electron chi connectivity index (χ0n) is 7.67. The summed E-state index contributed by atoms with van der Waals surface area (Å²) in [5.74, 6) is -0.248. The number of aryl methyl sites for hydroxylation is 1. The van der Waals surface area contributed by atoms with Crippen LogP contribution in [0.15, 0.2) is 0 Å². The van der Waals surface area contributed by atoms with Crippen LogP contribution in [0.1, 0.15) is 28.5 Å². The molecule has 0 spiro atoms. The molecule has 13 heavy (non-hydrogen) atoms. The maximum atomic E-state index is 11.1. The van der Waals surface area contributed by atoms with Gasteiger partial charge in [-0.2, -0.15) is 0 Å². The number of rotatable bonds is 2. The van der Waals surface area contributed by atoms with E-state index in [1.807, 2.05) is 0 Å². The second-order valence-electron chi connectivity index (χ2n) is 2.91. The van der Waals surface area contributed by atoms with Gasteiger partial charge in [0.05, 0.1) is 11.1 Å². The van der Waals surface area contributed by atoms with Gasteiger partial charge in [-0.25, -0.2) is 4.98 Å². The number of Topliss-reactive ketones (excluding diaryl/α,β-unsaturated/α-hetero) is 1. The predicted molar refractivity (Wildman–Crippen MR) is 46.9 cm³/mol. The number of aromatic nitrogens is 1. The van der Waals surface area contributed by atoms with Crippen LogP contribution in [0.5, 0.6) is 0 Å². The molecule has 5 heteroatoms. The van der Waals surface area contributed by atoms with E-state index >= 15 is 0 Å². The molecule has 0 aromatic carbocycles. The molecule has 0 saturated carbocycles. The lowest BCUT2D eigenvalue weighted by Crippen LogP contribution is -1.95. The molecule has 1 aromatic heterocycles. The Labute approximate surface area is 74.9 Å². The third-order valence-electron chi connectivity index (χ3n) is 1.95. The molecule has 5 nitrogen and oxygen atoms in total. The summed E-state index contributed by atoms with van der Waals surface area (Å²) < 4.78 is 0. The number of nitrogens with one attached hydrogen (secondary N) is 1. The van der Waals surface area contributed by atoms with Gasteiger partial charge >= 0.3 is 5.82 Å². The molecule has 0 atom stereocenters. The Morgan fingerprint density at radius 2 is 2.00 bits per heavy atom. The normalized spacial score (nSPS) is 10.1. The number of hydrogen-bond donors (Lipinski definition) is 1. The molecule has 1 N–H and O–H groups in total. The number of nitrogens with zero attached hydrogens (tertiary/aromatic N) is 1. The summed E-state index contributed by atoms with van der Waals surface area (Å²) in [5, 5.41) is 10.5. The molecule has 1 aromatic rings. The quantitative estimate of drug-likeness (QED) is 0.430. The van der Waals surface area contributed by atoms with Crippen LogP contribution in [0, 0.1) is 24.0 Å². The van der Waals surface area contributed by atoms with Crippen molar-refractivity contribution in [2.24, 2.45) is 0 Å². The minimum absolute atomic E-state index is 0.0947. The lowest BCUT2D eigenvalue weighted by atomic mass is 10.1. The molecular weight excluding hydrogens is 172 g/mol. The van der Waals surface area contributed by atoms with E-state index in [9.17, 15) is 14.9 Å². The number of nitro groups is 1. The second kappa shape index (κ2) is 3.01. The Morgan fingerprint density at radius 1 is 1.46 bits per heavy atom. The number of hydrogen-bond acceptors (Lipinski definition) is 3. The Kier molecular flexibility index (Phi) is 2.18. The van der Waals surface area contributed by atoms with E-state index in [1.54, 1.807) is 13.8 Å². The molecule has 1 heterocycles. The zero-order chi connectivity index (χ0) is 10.2. The summed E-state index contributed by atoms with van der Waals surface area (Å²) in [4.78, 5) is 23.6. The highest BCUT2D eigenvalue weighted by molar-refractivity contribution is 5.97. The summed E-state index contributed by atoms with van der Waals surface area (Å²) in [7, 11) is 0. The lowest BCUT2D eigenvalue weighted by Gasteiger charge is -1.92. The number of aromatic amines is 1. The molecule has 0 aliphatic rings. The average molecular weight is 182 g/mol. The second-order valence-corrected chi connectivity index (χ2v) is 2.91. The van der Waals surface area contributed by atoms with Gasteiger partial charge in [0.1, 0.15) is 5.69 Å². The van der Waals surface area contributed by atoms with Crippen LogP contribution >= 0.6 is 0 Å². The highest BCUT2D eigenvalue weighted by atomic mass is 16.6. The minimum Gasteiger partial charge on any atom is -0.358 e. The number of carbonyl (C=O) groups excluding carboxylic acids is 1. The number of carbonyl (C=O) groups is 1. The minimum atomic E-state index is -0.519. The van der Waals surface area contributed by atoms with Crippen molar-refractivity contribution in [2.75, 3.05) is 0 Å². The summed E-state index contributed by atoms with van der Waals surface area (Å²) in [5.41, 5.74) is 1.39. The first-order chi connectivity index (χ1) is 5.95. The summed E-state index contributed by atoms with van der Waals surface area (Å²) >= 11 is 0. The molecule has 0 saturated heterocycles. The molecule has 0 unspecified atom stereocenters. The van der Waals surface area contributed by atoms with Crippen LogP contribution in [-0.4, -0.2) is 15.7 Å². The Morgan fingerprint density at radius 3 is 2.23 bits per heavy atom. The third kappa shape index (κ3) is 1.44. The van der Waals surface area contributed by atoms with Crippen molar-refractivity contribution in [2.45, 2.75) is 20.8 Å². The van der Waals surface area contributed by atoms with Gasteiger partial charge in [-0.05, 0) is 25.7 Å². The van der Waals surface area contributed by atoms with Gasteiger partial charge in [0.15, 0.2) is 5.78 Å². The van der Waals surface area contributed by atoms with E-state index in [-0.39, 0.29) is 11.6 Å². The van der Waals surface area contributed by atoms with E-state index in [4.69, 9.17) is 0 Å². The lowest BCUT2D eigenvalue weighted by molar-refractivity contribution is -0.389. The van der Waals surface area contributed by atoms with Gasteiger partial charge < -0.3 is 10.1 Å². The molecule has 1 rings (SSSR count). The summed E-state index contributed by atoms with van der Waals surface area (Å²) in [6, 6.07) is 0. The topological polar surface area (TPSA) is 76.0 Å². The van der Waals surface area contributed by atoms with Crippen LogP contribution in [0.25, 0.3) is 0 Å². The molecule has 70 valence electrons. The maximum absolute atomic E-state index is 11.1. The molecule has 0 radical (unpaired) electrons. The van der Waals surface area contributed by atoms with E-state index in [2.05, 4.69) is 4.98 Å². The summed E-state index contributed by atoms with van der Waals surface area (Å²) in [6.07, 6.45) is 0. The van der Waals surface area contributed by atoms with E-state index in [0.717, 1.165) is 0 Å². The fourth-order valence-electron chi connectivity index (χ4n) is 1.44. The molecule has 0 amide bonds. The van der Waals surface area contributed by atoms with Crippen LogP contribution in [0.2, 0.25) is 0 Å². The highest BCUT2D eigenvalue weighted by Gasteiger charge is 2.22. The molecule has 0 aliphatic carbocycles. The van der Waals surface area contributed by atoms with Gasteiger partial charge in [-0.1, -0.05) is 0 Å². The zero-order valence-corrected chi connectivity index (χ0v) is 7.67. The molecule has 0 bridgehead atoms.